The quantitative estimate of drug-likeness (QED) is 0.758. The average Bonchev–Trinajstić information content (AvgIpc) is 2.93. The van der Waals surface area contributed by atoms with Gasteiger partial charge in [-0.3, -0.25) is 9.59 Å². The van der Waals surface area contributed by atoms with E-state index in [9.17, 15) is 9.59 Å². The fourth-order valence-electron chi connectivity index (χ4n) is 2.60. The Morgan fingerprint density at radius 1 is 1.12 bits per heavy atom. The smallest absolute Gasteiger partial charge is 0.291 e. The minimum atomic E-state index is -0.390. The van der Waals surface area contributed by atoms with Crippen LogP contribution in [-0.2, 0) is 0 Å². The van der Waals surface area contributed by atoms with Gasteiger partial charge < -0.3 is 14.6 Å². The molecule has 25 heavy (non-hydrogen) atoms. The van der Waals surface area contributed by atoms with Crippen molar-refractivity contribution in [2.75, 3.05) is 19.4 Å². The van der Waals surface area contributed by atoms with Crippen LogP contribution in [0.1, 0.15) is 26.5 Å². The third-order valence-corrected chi connectivity index (χ3v) is 4.19. The summed E-state index contributed by atoms with van der Waals surface area (Å²) in [5.41, 5.74) is 2.22. The predicted molar refractivity (Wildman–Crippen MR) is 98.4 cm³/mol. The van der Waals surface area contributed by atoms with E-state index in [4.69, 9.17) is 16.0 Å². The average molecular weight is 357 g/mol. The molecule has 0 unspecified atom stereocenters. The highest BCUT2D eigenvalue weighted by Gasteiger charge is 2.19. The lowest BCUT2D eigenvalue weighted by Gasteiger charge is -2.11. The summed E-state index contributed by atoms with van der Waals surface area (Å²) < 4.78 is 5.66. The molecule has 1 heterocycles. The van der Waals surface area contributed by atoms with Gasteiger partial charge in [-0.15, -0.1) is 0 Å². The zero-order valence-electron chi connectivity index (χ0n) is 14.1. The van der Waals surface area contributed by atoms with Crippen molar-refractivity contribution in [2.24, 2.45) is 0 Å². The van der Waals surface area contributed by atoms with Crippen LogP contribution in [-0.4, -0.2) is 30.8 Å². The van der Waals surface area contributed by atoms with Gasteiger partial charge in [-0.2, -0.15) is 0 Å². The van der Waals surface area contributed by atoms with E-state index < -0.39 is 0 Å². The molecule has 0 saturated heterocycles. The molecule has 0 bridgehead atoms. The lowest BCUT2D eigenvalue weighted by Crippen LogP contribution is -2.22. The van der Waals surface area contributed by atoms with Crippen LogP contribution in [0.3, 0.4) is 0 Å². The van der Waals surface area contributed by atoms with Crippen molar-refractivity contribution in [1.29, 1.82) is 0 Å². The second-order valence-electron chi connectivity index (χ2n) is 5.91. The van der Waals surface area contributed by atoms with Crippen LogP contribution in [0, 0.1) is 6.92 Å². The molecule has 1 N–H and O–H groups in total. The number of nitrogens with one attached hydrogen (secondary N) is 1. The van der Waals surface area contributed by atoms with E-state index >= 15 is 0 Å². The largest absolute Gasteiger partial charge is 0.449 e. The van der Waals surface area contributed by atoms with Crippen molar-refractivity contribution in [3.63, 3.8) is 0 Å². The first kappa shape index (κ1) is 17.0. The highest BCUT2D eigenvalue weighted by Crippen LogP contribution is 2.31. The van der Waals surface area contributed by atoms with Gasteiger partial charge in [0.15, 0.2) is 11.3 Å². The molecule has 0 atom stereocenters. The van der Waals surface area contributed by atoms with Gasteiger partial charge in [-0.05, 0) is 31.2 Å². The number of nitrogens with zero attached hydrogens (tertiary/aromatic N) is 1. The van der Waals surface area contributed by atoms with E-state index in [2.05, 4.69) is 5.32 Å². The molecule has 3 aromatic rings. The van der Waals surface area contributed by atoms with Gasteiger partial charge in [0.25, 0.3) is 11.8 Å². The molecule has 0 fully saturated rings. The first-order valence-electron chi connectivity index (χ1n) is 7.69. The number of fused-ring (bicyclic) bond motifs is 1. The summed E-state index contributed by atoms with van der Waals surface area (Å²) in [4.78, 5) is 26.1. The Labute approximate surface area is 150 Å². The summed E-state index contributed by atoms with van der Waals surface area (Å²) >= 11 is 6.12. The van der Waals surface area contributed by atoms with Crippen LogP contribution < -0.4 is 5.32 Å². The van der Waals surface area contributed by atoms with Crippen LogP contribution in [0.2, 0.25) is 5.02 Å². The Kier molecular flexibility index (Phi) is 4.51. The molecule has 0 saturated carbocycles. The van der Waals surface area contributed by atoms with E-state index in [1.54, 1.807) is 44.4 Å². The number of aryl methyl sites for hydroxylation is 1. The van der Waals surface area contributed by atoms with Crippen molar-refractivity contribution < 1.29 is 14.0 Å². The molecule has 0 aliphatic rings. The Balaban J connectivity index is 1.91. The van der Waals surface area contributed by atoms with E-state index in [-0.39, 0.29) is 17.6 Å². The van der Waals surface area contributed by atoms with E-state index in [0.717, 1.165) is 10.9 Å². The molecule has 1 aromatic heterocycles. The van der Waals surface area contributed by atoms with E-state index in [1.165, 1.54) is 4.90 Å². The molecule has 0 aliphatic heterocycles. The number of benzene rings is 2. The lowest BCUT2D eigenvalue weighted by atomic mass is 10.1. The number of amides is 2. The highest BCUT2D eigenvalue weighted by atomic mass is 35.5. The van der Waals surface area contributed by atoms with Crippen molar-refractivity contribution in [1.82, 2.24) is 4.90 Å². The van der Waals surface area contributed by atoms with Gasteiger partial charge in [-0.1, -0.05) is 29.8 Å². The number of halogens is 1. The second-order valence-corrected chi connectivity index (χ2v) is 6.31. The number of carbonyl (C=O) groups excluding carboxylic acids is 2. The summed E-state index contributed by atoms with van der Waals surface area (Å²) in [6.45, 7) is 1.81. The van der Waals surface area contributed by atoms with E-state index in [0.29, 0.717) is 21.9 Å². The predicted octanol–water partition coefficient (Wildman–Crippen LogP) is 4.35. The number of rotatable bonds is 3. The zero-order valence-corrected chi connectivity index (χ0v) is 14.8. The number of carbonyl (C=O) groups is 2. The van der Waals surface area contributed by atoms with Gasteiger partial charge in [0.05, 0.1) is 5.02 Å². The maximum atomic E-state index is 12.6. The molecule has 0 spiro atoms. The van der Waals surface area contributed by atoms with Gasteiger partial charge in [-0.25, -0.2) is 0 Å². The molecule has 0 aliphatic carbocycles. The van der Waals surface area contributed by atoms with Crippen molar-refractivity contribution in [2.45, 2.75) is 6.92 Å². The third-order valence-electron chi connectivity index (χ3n) is 3.90. The summed E-state index contributed by atoms with van der Waals surface area (Å²) in [7, 11) is 3.35. The summed E-state index contributed by atoms with van der Waals surface area (Å²) in [6, 6.07) is 12.1. The summed E-state index contributed by atoms with van der Waals surface area (Å²) in [5.74, 6) is -0.325. The number of anilines is 1. The van der Waals surface area contributed by atoms with Crippen molar-refractivity contribution >= 4 is 40.1 Å². The van der Waals surface area contributed by atoms with Gasteiger partial charge in [0.1, 0.15) is 0 Å². The fourth-order valence-corrected chi connectivity index (χ4v) is 2.81. The Bertz CT molecular complexity index is 976. The van der Waals surface area contributed by atoms with Crippen LogP contribution in [0.5, 0.6) is 0 Å². The van der Waals surface area contributed by atoms with Gasteiger partial charge in [0, 0.05) is 36.3 Å². The molecule has 3 rings (SSSR count). The molecule has 5 nitrogen and oxygen atoms in total. The molecular formula is C19H17ClN2O3. The molecule has 2 aromatic carbocycles. The third kappa shape index (κ3) is 3.23. The van der Waals surface area contributed by atoms with Crippen LogP contribution in [0.25, 0.3) is 11.0 Å². The lowest BCUT2D eigenvalue weighted by molar-refractivity contribution is 0.0827. The number of hydrogen-bond acceptors (Lipinski definition) is 3. The van der Waals surface area contributed by atoms with Crippen molar-refractivity contribution in [3.05, 3.63) is 64.4 Å². The van der Waals surface area contributed by atoms with Crippen LogP contribution in [0.15, 0.2) is 46.9 Å². The van der Waals surface area contributed by atoms with Crippen LogP contribution >= 0.6 is 11.6 Å². The number of hydrogen-bond donors (Lipinski definition) is 1. The monoisotopic (exact) mass is 356 g/mol. The molecule has 0 radical (unpaired) electrons. The standard InChI is InChI=1S/C19H17ClN2O3/c1-11-14-8-5-9-15(20)17(14)25-16(11)18(23)21-13-7-4-6-12(10-13)19(24)22(2)3/h4-10H,1-3H3,(H,21,23). The first-order valence-corrected chi connectivity index (χ1v) is 8.07. The Morgan fingerprint density at radius 3 is 2.52 bits per heavy atom. The Hall–Kier alpha value is -2.79. The molecule has 128 valence electrons. The molecule has 6 heteroatoms. The minimum absolute atomic E-state index is 0.136. The van der Waals surface area contributed by atoms with Crippen LogP contribution in [0.4, 0.5) is 5.69 Å². The maximum absolute atomic E-state index is 12.6. The molecule has 2 amide bonds. The summed E-state index contributed by atoms with van der Waals surface area (Å²) in [6.07, 6.45) is 0. The first-order chi connectivity index (χ1) is 11.9. The highest BCUT2D eigenvalue weighted by molar-refractivity contribution is 6.35. The minimum Gasteiger partial charge on any atom is -0.449 e. The SMILES string of the molecule is Cc1c(C(=O)Nc2cccc(C(=O)N(C)C)c2)oc2c(Cl)cccc12. The van der Waals surface area contributed by atoms with Crippen molar-refractivity contribution in [3.8, 4) is 0 Å². The topological polar surface area (TPSA) is 62.6 Å². The summed E-state index contributed by atoms with van der Waals surface area (Å²) in [5, 5.41) is 4.02. The Morgan fingerprint density at radius 2 is 1.84 bits per heavy atom. The number of furan rings is 1. The van der Waals surface area contributed by atoms with E-state index in [1.807, 2.05) is 19.1 Å². The number of para-hydroxylation sites is 1. The second kappa shape index (κ2) is 6.61. The fraction of sp³-hybridized carbons (Fsp3) is 0.158. The zero-order chi connectivity index (χ0) is 18.1. The normalized spacial score (nSPS) is 10.7. The maximum Gasteiger partial charge on any atom is 0.291 e. The molecular weight excluding hydrogens is 340 g/mol. The van der Waals surface area contributed by atoms with Gasteiger partial charge in [0.2, 0.25) is 0 Å². The van der Waals surface area contributed by atoms with Gasteiger partial charge >= 0.3 is 0 Å².